The number of phenols is 1. The Kier molecular flexibility index (Phi) is 5.25. The van der Waals surface area contributed by atoms with Gasteiger partial charge in [0.05, 0.1) is 24.4 Å². The van der Waals surface area contributed by atoms with Crippen LogP contribution in [0.3, 0.4) is 0 Å². The molecule has 1 N–H and O–H groups in total. The summed E-state index contributed by atoms with van der Waals surface area (Å²) in [6, 6.07) is 8.66. The molecule has 150 valence electrons. The van der Waals surface area contributed by atoms with Gasteiger partial charge >= 0.3 is 0 Å². The van der Waals surface area contributed by atoms with E-state index in [1.807, 2.05) is 26.0 Å². The van der Waals surface area contributed by atoms with E-state index in [1.54, 1.807) is 6.07 Å². The number of benzene rings is 1. The van der Waals surface area contributed by atoms with E-state index in [0.29, 0.717) is 17.8 Å². The lowest BCUT2D eigenvalue weighted by atomic mass is 9.97. The minimum absolute atomic E-state index is 0.255. The summed E-state index contributed by atoms with van der Waals surface area (Å²) in [7, 11) is 0. The molecule has 0 radical (unpaired) electrons. The Morgan fingerprint density at radius 1 is 1.14 bits per heavy atom. The third kappa shape index (κ3) is 3.59. The van der Waals surface area contributed by atoms with Gasteiger partial charge in [0.1, 0.15) is 5.75 Å². The lowest BCUT2D eigenvalue weighted by Gasteiger charge is -2.48. The molecule has 2 aromatic rings. The number of aromatic nitrogens is 2. The lowest BCUT2D eigenvalue weighted by Crippen LogP contribution is -2.61. The smallest absolute Gasteiger partial charge is 0.151 e. The van der Waals surface area contributed by atoms with Gasteiger partial charge < -0.3 is 14.7 Å². The minimum atomic E-state index is 0.255. The number of aromatic hydroxyl groups is 1. The summed E-state index contributed by atoms with van der Waals surface area (Å²) in [6.07, 6.45) is 1.31. The number of anilines is 1. The number of ether oxygens (including phenoxy) is 1. The number of rotatable bonds is 3. The first-order valence-corrected chi connectivity index (χ1v) is 10.2. The van der Waals surface area contributed by atoms with Gasteiger partial charge in [-0.25, -0.2) is 0 Å². The quantitative estimate of drug-likeness (QED) is 0.880. The molecule has 6 nitrogen and oxygen atoms in total. The molecule has 28 heavy (non-hydrogen) atoms. The summed E-state index contributed by atoms with van der Waals surface area (Å²) < 4.78 is 6.05. The van der Waals surface area contributed by atoms with Crippen molar-refractivity contribution in [2.45, 2.75) is 52.3 Å². The average molecular weight is 383 g/mol. The fraction of sp³-hybridized carbons (Fsp3) is 0.545. The van der Waals surface area contributed by atoms with Crippen LogP contribution in [0.4, 0.5) is 5.82 Å². The van der Waals surface area contributed by atoms with E-state index in [2.05, 4.69) is 39.9 Å². The summed E-state index contributed by atoms with van der Waals surface area (Å²) >= 11 is 0. The van der Waals surface area contributed by atoms with Gasteiger partial charge in [0, 0.05) is 31.2 Å². The lowest BCUT2D eigenvalue weighted by molar-refractivity contribution is -0.0346. The molecule has 0 spiro atoms. The molecule has 0 bridgehead atoms. The largest absolute Gasteiger partial charge is 0.507 e. The Bertz CT molecular complexity index is 814. The van der Waals surface area contributed by atoms with Gasteiger partial charge in [0.15, 0.2) is 5.82 Å². The van der Waals surface area contributed by atoms with Crippen molar-refractivity contribution in [2.75, 3.05) is 31.1 Å². The molecule has 2 fully saturated rings. The van der Waals surface area contributed by atoms with Crippen molar-refractivity contribution < 1.29 is 9.84 Å². The molecule has 0 unspecified atom stereocenters. The van der Waals surface area contributed by atoms with E-state index in [9.17, 15) is 5.11 Å². The highest BCUT2D eigenvalue weighted by Gasteiger charge is 2.38. The number of hydrogen-bond donors (Lipinski definition) is 1. The van der Waals surface area contributed by atoms with Crippen LogP contribution in [0.1, 0.15) is 31.4 Å². The molecule has 2 atom stereocenters. The standard InChI is InChI=1S/C22H30N4O2/c1-14(2)25-8-7-20-18(13-25)26(9-10-28-20)21-6-5-17(23-24-21)22-16(4)11-15(3)12-19(22)27/h5-6,11-12,14,18,20,27H,7-10,13H2,1-4H3/t18-,20+/m0/s1. The van der Waals surface area contributed by atoms with Gasteiger partial charge in [0.25, 0.3) is 0 Å². The highest BCUT2D eigenvalue weighted by Crippen LogP contribution is 2.33. The average Bonchev–Trinajstić information content (AvgIpc) is 2.67. The first-order valence-electron chi connectivity index (χ1n) is 10.2. The van der Waals surface area contributed by atoms with Crippen molar-refractivity contribution in [3.63, 3.8) is 0 Å². The van der Waals surface area contributed by atoms with Gasteiger partial charge in [-0.05, 0) is 63.4 Å². The Morgan fingerprint density at radius 3 is 2.64 bits per heavy atom. The van der Waals surface area contributed by atoms with Gasteiger partial charge in [-0.15, -0.1) is 10.2 Å². The maximum Gasteiger partial charge on any atom is 0.151 e. The monoisotopic (exact) mass is 382 g/mol. The van der Waals surface area contributed by atoms with Gasteiger partial charge in [-0.1, -0.05) is 6.07 Å². The first kappa shape index (κ1) is 19.2. The van der Waals surface area contributed by atoms with Crippen molar-refractivity contribution >= 4 is 5.82 Å². The second-order valence-corrected chi connectivity index (χ2v) is 8.30. The summed E-state index contributed by atoms with van der Waals surface area (Å²) in [5.74, 6) is 1.14. The number of aryl methyl sites for hydroxylation is 2. The third-order valence-corrected chi connectivity index (χ3v) is 6.01. The highest BCUT2D eigenvalue weighted by molar-refractivity contribution is 5.71. The van der Waals surface area contributed by atoms with E-state index < -0.39 is 0 Å². The number of hydrogen-bond acceptors (Lipinski definition) is 6. The molecule has 0 saturated carbocycles. The Morgan fingerprint density at radius 2 is 1.96 bits per heavy atom. The molecule has 1 aromatic carbocycles. The summed E-state index contributed by atoms with van der Waals surface area (Å²) in [6.45, 7) is 12.1. The second kappa shape index (κ2) is 7.68. The van der Waals surface area contributed by atoms with Crippen LogP contribution in [-0.2, 0) is 4.74 Å². The van der Waals surface area contributed by atoms with Gasteiger partial charge in [-0.3, -0.25) is 4.90 Å². The molecular formula is C22H30N4O2. The number of morpholine rings is 1. The number of fused-ring (bicyclic) bond motifs is 1. The van der Waals surface area contributed by atoms with E-state index >= 15 is 0 Å². The van der Waals surface area contributed by atoms with E-state index in [1.165, 1.54) is 0 Å². The van der Waals surface area contributed by atoms with Crippen molar-refractivity contribution in [1.29, 1.82) is 0 Å². The summed E-state index contributed by atoms with van der Waals surface area (Å²) in [5.41, 5.74) is 3.50. The number of nitrogens with zero attached hydrogens (tertiary/aromatic N) is 4. The summed E-state index contributed by atoms with van der Waals surface area (Å²) in [5, 5.41) is 19.4. The number of phenolic OH excluding ortho intramolecular Hbond substituents is 1. The SMILES string of the molecule is Cc1cc(C)c(-c2ccc(N3CCO[C@@H]4CCN(C(C)C)C[C@@H]43)nn2)c(O)c1. The van der Waals surface area contributed by atoms with Crippen LogP contribution in [0.5, 0.6) is 5.75 Å². The molecule has 2 saturated heterocycles. The van der Waals surface area contributed by atoms with Gasteiger partial charge in [-0.2, -0.15) is 0 Å². The van der Waals surface area contributed by atoms with Crippen LogP contribution in [0.15, 0.2) is 24.3 Å². The van der Waals surface area contributed by atoms with E-state index in [0.717, 1.165) is 55.2 Å². The van der Waals surface area contributed by atoms with Crippen LogP contribution in [0.25, 0.3) is 11.3 Å². The molecule has 4 rings (SSSR count). The van der Waals surface area contributed by atoms with E-state index in [-0.39, 0.29) is 11.9 Å². The van der Waals surface area contributed by atoms with Crippen LogP contribution >= 0.6 is 0 Å². The number of likely N-dealkylation sites (tertiary alicyclic amines) is 1. The third-order valence-electron chi connectivity index (χ3n) is 6.01. The van der Waals surface area contributed by atoms with Crippen molar-refractivity contribution in [1.82, 2.24) is 15.1 Å². The first-order chi connectivity index (χ1) is 13.4. The molecular weight excluding hydrogens is 352 g/mol. The molecule has 6 heteroatoms. The predicted octanol–water partition coefficient (Wildman–Crippen LogP) is 3.15. The topological polar surface area (TPSA) is 61.7 Å². The predicted molar refractivity (Wildman–Crippen MR) is 111 cm³/mol. The fourth-order valence-corrected chi connectivity index (χ4v) is 4.54. The normalized spacial score (nSPS) is 23.1. The molecule has 1 aromatic heterocycles. The molecule has 2 aliphatic rings. The van der Waals surface area contributed by atoms with Crippen LogP contribution in [-0.4, -0.2) is 64.6 Å². The van der Waals surface area contributed by atoms with Crippen molar-refractivity contribution in [3.8, 4) is 17.0 Å². The van der Waals surface area contributed by atoms with Crippen LogP contribution in [0.2, 0.25) is 0 Å². The zero-order chi connectivity index (χ0) is 19.8. The fourth-order valence-electron chi connectivity index (χ4n) is 4.54. The van der Waals surface area contributed by atoms with E-state index in [4.69, 9.17) is 4.74 Å². The maximum absolute atomic E-state index is 10.4. The molecule has 0 aliphatic carbocycles. The van der Waals surface area contributed by atoms with Crippen LogP contribution < -0.4 is 4.90 Å². The second-order valence-electron chi connectivity index (χ2n) is 8.30. The summed E-state index contributed by atoms with van der Waals surface area (Å²) in [4.78, 5) is 4.86. The zero-order valence-corrected chi connectivity index (χ0v) is 17.2. The molecule has 2 aliphatic heterocycles. The Labute approximate surface area is 167 Å². The van der Waals surface area contributed by atoms with Crippen molar-refractivity contribution in [2.24, 2.45) is 0 Å². The Balaban J connectivity index is 1.60. The van der Waals surface area contributed by atoms with Crippen molar-refractivity contribution in [3.05, 3.63) is 35.4 Å². The minimum Gasteiger partial charge on any atom is -0.507 e. The maximum atomic E-state index is 10.4. The molecule has 3 heterocycles. The van der Waals surface area contributed by atoms with Gasteiger partial charge in [0.2, 0.25) is 0 Å². The zero-order valence-electron chi connectivity index (χ0n) is 17.2. The van der Waals surface area contributed by atoms with Crippen LogP contribution in [0, 0.1) is 13.8 Å². The molecule has 0 amide bonds. The number of piperidine rings is 1. The Hall–Kier alpha value is -2.18. The highest BCUT2D eigenvalue weighted by atomic mass is 16.5.